The van der Waals surface area contributed by atoms with Gasteiger partial charge in [-0.05, 0) is 19.8 Å². The van der Waals surface area contributed by atoms with Gasteiger partial charge >= 0.3 is 6.03 Å². The third kappa shape index (κ3) is 3.63. The molecule has 0 aliphatic rings. The number of amides is 2. The van der Waals surface area contributed by atoms with E-state index in [4.69, 9.17) is 5.73 Å². The number of nitrogens with two attached hydrogens (primary N) is 1. The average molecular weight is 187 g/mol. The number of carbonyl (C=O) groups is 1. The fourth-order valence-corrected chi connectivity index (χ4v) is 1.21. The normalized spacial score (nSPS) is 11.1. The lowest BCUT2D eigenvalue weighted by atomic mass is 9.93. The Labute approximate surface area is 80.3 Å². The van der Waals surface area contributed by atoms with Gasteiger partial charge in [0.15, 0.2) is 0 Å². The Morgan fingerprint density at radius 2 is 1.85 bits per heavy atom. The summed E-state index contributed by atoms with van der Waals surface area (Å²) >= 11 is 0. The Bertz CT molecular complexity index is 147. The highest BCUT2D eigenvalue weighted by Crippen LogP contribution is 2.12. The van der Waals surface area contributed by atoms with Crippen LogP contribution in [-0.4, -0.2) is 24.7 Å². The van der Waals surface area contributed by atoms with E-state index in [2.05, 4.69) is 10.6 Å². The van der Waals surface area contributed by atoms with Crippen molar-refractivity contribution in [3.8, 4) is 0 Å². The van der Waals surface area contributed by atoms with Crippen molar-refractivity contribution >= 4 is 6.03 Å². The molecule has 0 bridgehead atoms. The fraction of sp³-hybridized carbons (Fsp3) is 0.889. The van der Waals surface area contributed by atoms with Gasteiger partial charge in [0.05, 0.1) is 5.54 Å². The molecular weight excluding hydrogens is 166 g/mol. The third-order valence-corrected chi connectivity index (χ3v) is 2.46. The summed E-state index contributed by atoms with van der Waals surface area (Å²) in [5.74, 6) is 0. The van der Waals surface area contributed by atoms with E-state index < -0.39 is 0 Å². The Morgan fingerprint density at radius 3 is 2.15 bits per heavy atom. The van der Waals surface area contributed by atoms with Gasteiger partial charge in [-0.2, -0.15) is 0 Å². The molecule has 78 valence electrons. The summed E-state index contributed by atoms with van der Waals surface area (Å²) in [5, 5.41) is 5.60. The van der Waals surface area contributed by atoms with E-state index in [1.807, 2.05) is 20.8 Å². The number of hydrogen-bond acceptors (Lipinski definition) is 2. The molecule has 0 aromatic heterocycles. The van der Waals surface area contributed by atoms with Crippen LogP contribution in [0, 0.1) is 0 Å². The summed E-state index contributed by atoms with van der Waals surface area (Å²) in [4.78, 5) is 11.3. The van der Waals surface area contributed by atoms with Crippen molar-refractivity contribution in [2.45, 2.75) is 39.2 Å². The predicted molar refractivity (Wildman–Crippen MR) is 54.6 cm³/mol. The quantitative estimate of drug-likeness (QED) is 0.596. The fourth-order valence-electron chi connectivity index (χ4n) is 1.21. The molecule has 0 aliphatic carbocycles. The first-order valence-electron chi connectivity index (χ1n) is 4.90. The van der Waals surface area contributed by atoms with Crippen LogP contribution >= 0.6 is 0 Å². The topological polar surface area (TPSA) is 67.2 Å². The van der Waals surface area contributed by atoms with Crippen LogP contribution in [0.25, 0.3) is 0 Å². The Morgan fingerprint density at radius 1 is 1.31 bits per heavy atom. The molecule has 0 heterocycles. The van der Waals surface area contributed by atoms with Crippen LogP contribution in [0.3, 0.4) is 0 Å². The van der Waals surface area contributed by atoms with Gasteiger partial charge in [0.1, 0.15) is 0 Å². The molecular formula is C9H21N3O. The zero-order valence-electron chi connectivity index (χ0n) is 8.81. The monoisotopic (exact) mass is 187 g/mol. The molecule has 0 rings (SSSR count). The second-order valence-electron chi connectivity index (χ2n) is 3.18. The SMILES string of the molecule is CCNC(=O)NC(CC)(CC)CN. The van der Waals surface area contributed by atoms with Gasteiger partial charge < -0.3 is 16.4 Å². The van der Waals surface area contributed by atoms with Gasteiger partial charge in [0.2, 0.25) is 0 Å². The number of urea groups is 1. The van der Waals surface area contributed by atoms with Crippen LogP contribution < -0.4 is 16.4 Å². The Kier molecular flexibility index (Phi) is 5.46. The van der Waals surface area contributed by atoms with E-state index in [-0.39, 0.29) is 11.6 Å². The van der Waals surface area contributed by atoms with Crippen molar-refractivity contribution in [3.05, 3.63) is 0 Å². The molecule has 0 saturated heterocycles. The lowest BCUT2D eigenvalue weighted by Crippen LogP contribution is -2.55. The zero-order valence-corrected chi connectivity index (χ0v) is 8.81. The molecule has 2 amide bonds. The van der Waals surface area contributed by atoms with E-state index in [1.54, 1.807) is 0 Å². The lowest BCUT2D eigenvalue weighted by Gasteiger charge is -2.31. The smallest absolute Gasteiger partial charge is 0.315 e. The summed E-state index contributed by atoms with van der Waals surface area (Å²) in [5.41, 5.74) is 5.39. The van der Waals surface area contributed by atoms with Crippen LogP contribution in [0.5, 0.6) is 0 Å². The first-order chi connectivity index (χ1) is 6.14. The van der Waals surface area contributed by atoms with Crippen LogP contribution in [0.1, 0.15) is 33.6 Å². The third-order valence-electron chi connectivity index (χ3n) is 2.46. The molecule has 0 aliphatic heterocycles. The minimum atomic E-state index is -0.237. The van der Waals surface area contributed by atoms with E-state index >= 15 is 0 Å². The summed E-state index contributed by atoms with van der Waals surface area (Å²) in [6.07, 6.45) is 1.72. The molecule has 0 unspecified atom stereocenters. The second kappa shape index (κ2) is 5.80. The lowest BCUT2D eigenvalue weighted by molar-refractivity contribution is 0.222. The van der Waals surface area contributed by atoms with Gasteiger partial charge in [-0.25, -0.2) is 4.79 Å². The van der Waals surface area contributed by atoms with Gasteiger partial charge in [-0.1, -0.05) is 13.8 Å². The molecule has 0 spiro atoms. The van der Waals surface area contributed by atoms with Crippen molar-refractivity contribution in [3.63, 3.8) is 0 Å². The summed E-state index contributed by atoms with van der Waals surface area (Å²) in [6, 6.07) is -0.128. The van der Waals surface area contributed by atoms with E-state index in [0.717, 1.165) is 12.8 Å². The van der Waals surface area contributed by atoms with E-state index in [1.165, 1.54) is 0 Å². The summed E-state index contributed by atoms with van der Waals surface area (Å²) in [6.45, 7) is 7.07. The van der Waals surface area contributed by atoms with Crippen LogP contribution in [0.4, 0.5) is 4.79 Å². The molecule has 0 atom stereocenters. The van der Waals surface area contributed by atoms with Crippen molar-refractivity contribution in [1.82, 2.24) is 10.6 Å². The highest BCUT2D eigenvalue weighted by molar-refractivity contribution is 5.74. The highest BCUT2D eigenvalue weighted by atomic mass is 16.2. The van der Waals surface area contributed by atoms with Crippen molar-refractivity contribution in [2.75, 3.05) is 13.1 Å². The molecule has 0 saturated carbocycles. The molecule has 0 radical (unpaired) electrons. The standard InChI is InChI=1S/C9H21N3O/c1-4-9(5-2,7-10)12-8(13)11-6-3/h4-7,10H2,1-3H3,(H2,11,12,13). The summed E-state index contributed by atoms with van der Waals surface area (Å²) in [7, 11) is 0. The minimum Gasteiger partial charge on any atom is -0.338 e. The molecule has 0 aromatic carbocycles. The predicted octanol–water partition coefficient (Wildman–Crippen LogP) is 0.823. The highest BCUT2D eigenvalue weighted by Gasteiger charge is 2.25. The maximum atomic E-state index is 11.3. The average Bonchev–Trinajstić information content (AvgIpc) is 2.15. The van der Waals surface area contributed by atoms with Crippen molar-refractivity contribution < 1.29 is 4.79 Å². The van der Waals surface area contributed by atoms with Crippen LogP contribution in [0.2, 0.25) is 0 Å². The molecule has 13 heavy (non-hydrogen) atoms. The zero-order chi connectivity index (χ0) is 10.3. The first kappa shape index (κ1) is 12.2. The first-order valence-corrected chi connectivity index (χ1v) is 4.90. The minimum absolute atomic E-state index is 0.128. The Balaban J connectivity index is 4.16. The van der Waals surface area contributed by atoms with E-state index in [0.29, 0.717) is 13.1 Å². The molecule has 0 aromatic rings. The number of rotatable bonds is 5. The maximum absolute atomic E-state index is 11.3. The number of carbonyl (C=O) groups excluding carboxylic acids is 1. The molecule has 4 N–H and O–H groups in total. The molecule has 4 nitrogen and oxygen atoms in total. The molecule has 0 fully saturated rings. The largest absolute Gasteiger partial charge is 0.338 e. The van der Waals surface area contributed by atoms with E-state index in [9.17, 15) is 4.79 Å². The van der Waals surface area contributed by atoms with Gasteiger partial charge in [-0.3, -0.25) is 0 Å². The van der Waals surface area contributed by atoms with Crippen molar-refractivity contribution in [1.29, 1.82) is 0 Å². The Hall–Kier alpha value is -0.770. The van der Waals surface area contributed by atoms with Crippen LogP contribution in [0.15, 0.2) is 0 Å². The maximum Gasteiger partial charge on any atom is 0.315 e. The summed E-state index contributed by atoms with van der Waals surface area (Å²) < 4.78 is 0. The van der Waals surface area contributed by atoms with Gasteiger partial charge in [0.25, 0.3) is 0 Å². The van der Waals surface area contributed by atoms with Crippen LogP contribution in [-0.2, 0) is 0 Å². The second-order valence-corrected chi connectivity index (χ2v) is 3.18. The number of hydrogen-bond donors (Lipinski definition) is 3. The van der Waals surface area contributed by atoms with Gasteiger partial charge in [-0.15, -0.1) is 0 Å². The number of nitrogens with one attached hydrogen (secondary N) is 2. The molecule has 4 heteroatoms. The van der Waals surface area contributed by atoms with Crippen molar-refractivity contribution in [2.24, 2.45) is 5.73 Å². The van der Waals surface area contributed by atoms with Gasteiger partial charge in [0, 0.05) is 13.1 Å².